The molecule has 0 bridgehead atoms. The zero-order valence-electron chi connectivity index (χ0n) is 15.3. The van der Waals surface area contributed by atoms with Crippen molar-refractivity contribution < 1.29 is 25.8 Å². The zero-order chi connectivity index (χ0) is 18.9. The van der Waals surface area contributed by atoms with Gasteiger partial charge in [0, 0.05) is 45.0 Å². The van der Waals surface area contributed by atoms with Gasteiger partial charge in [0.15, 0.2) is 5.82 Å². The monoisotopic (exact) mass is 562 g/mol. The Morgan fingerprint density at radius 2 is 1.90 bits per heavy atom. The van der Waals surface area contributed by atoms with Crippen LogP contribution in [0.3, 0.4) is 0 Å². The third-order valence-corrected chi connectivity index (χ3v) is 4.20. The number of ether oxygens (including phenoxy) is 1. The van der Waals surface area contributed by atoms with Gasteiger partial charge in [0.25, 0.3) is 0 Å². The molecule has 29 heavy (non-hydrogen) atoms. The number of hydrogen-bond acceptors (Lipinski definition) is 6. The van der Waals surface area contributed by atoms with Crippen LogP contribution in [0.1, 0.15) is 0 Å². The van der Waals surface area contributed by atoms with Gasteiger partial charge >= 0.3 is 0 Å². The van der Waals surface area contributed by atoms with Crippen LogP contribution in [0.5, 0.6) is 11.5 Å². The van der Waals surface area contributed by atoms with Crippen molar-refractivity contribution in [2.75, 3.05) is 11.9 Å². The summed E-state index contributed by atoms with van der Waals surface area (Å²) in [5.74, 6) is 1.76. The van der Waals surface area contributed by atoms with Gasteiger partial charge in [-0.3, -0.25) is 0 Å². The Labute approximate surface area is 182 Å². The molecule has 1 aromatic carbocycles. The topological polar surface area (TPSA) is 59.3 Å². The fourth-order valence-corrected chi connectivity index (χ4v) is 2.89. The Bertz CT molecular complexity index is 1160. The molecule has 0 radical (unpaired) electrons. The molecular formula is C21H15N6OPt-3. The van der Waals surface area contributed by atoms with Gasteiger partial charge in [0.05, 0.1) is 0 Å². The van der Waals surface area contributed by atoms with Gasteiger partial charge in [-0.1, -0.05) is 6.07 Å². The zero-order valence-corrected chi connectivity index (χ0v) is 17.6. The predicted octanol–water partition coefficient (Wildman–Crippen LogP) is 3.55. The molecule has 0 atom stereocenters. The van der Waals surface area contributed by atoms with Crippen LogP contribution in [-0.4, -0.2) is 31.7 Å². The minimum atomic E-state index is 0. The molecule has 0 saturated heterocycles. The first-order chi connectivity index (χ1) is 13.8. The molecule has 148 valence electrons. The Morgan fingerprint density at radius 1 is 0.966 bits per heavy atom. The third-order valence-electron chi connectivity index (χ3n) is 4.20. The normalized spacial score (nSPS) is 13.0. The maximum atomic E-state index is 5.96. The summed E-state index contributed by atoms with van der Waals surface area (Å²) in [7, 11) is 1.97. The SMILES string of the molecule is CN1C=CN(c2[c-]c(Oc3[c-]c4c(cnn4-c4ccccn4)nc3)ccc2)[CH-]1.[Pt]. The van der Waals surface area contributed by atoms with Crippen LogP contribution in [0.4, 0.5) is 5.69 Å². The molecule has 5 rings (SSSR count). The van der Waals surface area contributed by atoms with E-state index in [-0.39, 0.29) is 21.1 Å². The summed E-state index contributed by atoms with van der Waals surface area (Å²) in [5, 5.41) is 4.36. The van der Waals surface area contributed by atoms with Gasteiger partial charge in [-0.15, -0.1) is 30.0 Å². The molecule has 1 aliphatic heterocycles. The maximum absolute atomic E-state index is 5.96. The summed E-state index contributed by atoms with van der Waals surface area (Å²) in [6.45, 7) is 1.96. The van der Waals surface area contributed by atoms with Gasteiger partial charge in [0.1, 0.15) is 0 Å². The fraction of sp³-hybridized carbons (Fsp3) is 0.0476. The van der Waals surface area contributed by atoms with E-state index < -0.39 is 0 Å². The number of hydrogen-bond donors (Lipinski definition) is 0. The van der Waals surface area contributed by atoms with Crippen molar-refractivity contribution >= 4 is 16.7 Å². The molecule has 0 aliphatic carbocycles. The summed E-state index contributed by atoms with van der Waals surface area (Å²) in [6, 6.07) is 17.9. The number of fused-ring (bicyclic) bond motifs is 1. The molecular weight excluding hydrogens is 547 g/mol. The molecule has 0 fully saturated rings. The standard InChI is InChI=1S/C21H15N6O.Pt/c1-25-9-10-26(15-25)16-5-4-6-17(11-16)28-18-12-20-19(23-13-18)14-24-27(20)21-7-2-3-8-22-21;/h2-10,13-15H,1H3;/q-3;. The van der Waals surface area contributed by atoms with E-state index in [0.717, 1.165) is 11.2 Å². The van der Waals surface area contributed by atoms with Crippen LogP contribution in [0, 0.1) is 18.8 Å². The van der Waals surface area contributed by atoms with Crippen molar-refractivity contribution in [2.24, 2.45) is 0 Å². The molecule has 4 aromatic rings. The first-order valence-electron chi connectivity index (χ1n) is 8.67. The molecule has 0 N–H and O–H groups in total. The number of nitrogens with zero attached hydrogens (tertiary/aromatic N) is 6. The Balaban J connectivity index is 0.00000205. The second-order valence-corrected chi connectivity index (χ2v) is 6.21. The summed E-state index contributed by atoms with van der Waals surface area (Å²) in [6.07, 6.45) is 8.96. The smallest absolute Gasteiger partial charge is 0.151 e. The Hall–Kier alpha value is -3.18. The minimum absolute atomic E-state index is 0. The van der Waals surface area contributed by atoms with E-state index in [4.69, 9.17) is 4.74 Å². The molecule has 1 aliphatic rings. The van der Waals surface area contributed by atoms with Crippen LogP contribution in [0.2, 0.25) is 0 Å². The third kappa shape index (κ3) is 3.87. The van der Waals surface area contributed by atoms with Crippen LogP contribution >= 0.6 is 0 Å². The Kier molecular flexibility index (Phi) is 5.32. The van der Waals surface area contributed by atoms with Crippen LogP contribution in [0.15, 0.2) is 67.4 Å². The van der Waals surface area contributed by atoms with Crippen molar-refractivity contribution in [2.45, 2.75) is 0 Å². The van der Waals surface area contributed by atoms with Gasteiger partial charge in [-0.2, -0.15) is 17.8 Å². The second kappa shape index (κ2) is 8.05. The summed E-state index contributed by atoms with van der Waals surface area (Å²) >= 11 is 0. The molecule has 0 amide bonds. The molecule has 0 spiro atoms. The van der Waals surface area contributed by atoms with Crippen molar-refractivity contribution in [3.8, 4) is 17.3 Å². The molecule has 0 unspecified atom stereocenters. The molecule has 8 heteroatoms. The quantitative estimate of drug-likeness (QED) is 0.355. The van der Waals surface area contributed by atoms with Crippen molar-refractivity contribution in [1.82, 2.24) is 24.6 Å². The van der Waals surface area contributed by atoms with Gasteiger partial charge in [0.2, 0.25) is 0 Å². The maximum Gasteiger partial charge on any atom is 0.151 e. The van der Waals surface area contributed by atoms with Crippen molar-refractivity contribution in [1.29, 1.82) is 0 Å². The minimum Gasteiger partial charge on any atom is -0.510 e. The van der Waals surface area contributed by atoms with Gasteiger partial charge in [-0.05, 0) is 48.8 Å². The van der Waals surface area contributed by atoms with E-state index in [9.17, 15) is 0 Å². The molecule has 7 nitrogen and oxygen atoms in total. The van der Waals surface area contributed by atoms with Crippen molar-refractivity contribution in [3.05, 3.63) is 86.2 Å². The Morgan fingerprint density at radius 3 is 2.69 bits per heavy atom. The van der Waals surface area contributed by atoms with E-state index in [0.29, 0.717) is 22.8 Å². The van der Waals surface area contributed by atoms with E-state index in [2.05, 4.69) is 27.2 Å². The molecule has 4 heterocycles. The summed E-state index contributed by atoms with van der Waals surface area (Å²) in [5.41, 5.74) is 2.30. The van der Waals surface area contributed by atoms with Crippen LogP contribution in [-0.2, 0) is 21.1 Å². The van der Waals surface area contributed by atoms with Gasteiger partial charge in [-0.25, -0.2) is 9.67 Å². The molecule has 0 saturated carbocycles. The van der Waals surface area contributed by atoms with Crippen LogP contribution < -0.4 is 9.64 Å². The fourth-order valence-electron chi connectivity index (χ4n) is 2.89. The first kappa shape index (κ1) is 19.1. The number of pyridine rings is 2. The number of anilines is 1. The predicted molar refractivity (Wildman–Crippen MR) is 105 cm³/mol. The largest absolute Gasteiger partial charge is 0.510 e. The second-order valence-electron chi connectivity index (χ2n) is 6.21. The summed E-state index contributed by atoms with van der Waals surface area (Å²) < 4.78 is 7.65. The average molecular weight is 562 g/mol. The van der Waals surface area contributed by atoms with E-state index >= 15 is 0 Å². The van der Waals surface area contributed by atoms with E-state index in [1.54, 1.807) is 23.3 Å². The van der Waals surface area contributed by atoms with Crippen LogP contribution in [0.25, 0.3) is 16.9 Å². The van der Waals surface area contributed by atoms with Crippen molar-refractivity contribution in [3.63, 3.8) is 0 Å². The number of aromatic nitrogens is 4. The summed E-state index contributed by atoms with van der Waals surface area (Å²) in [4.78, 5) is 12.7. The average Bonchev–Trinajstić information content (AvgIpc) is 3.35. The first-order valence-corrected chi connectivity index (χ1v) is 8.67. The van der Waals surface area contributed by atoms with Gasteiger partial charge < -0.3 is 19.5 Å². The van der Waals surface area contributed by atoms with E-state index in [1.165, 1.54) is 0 Å². The number of rotatable bonds is 4. The number of benzene rings is 1. The molecule has 3 aromatic heterocycles. The van der Waals surface area contributed by atoms with E-state index in [1.807, 2.05) is 72.3 Å².